The van der Waals surface area contributed by atoms with E-state index < -0.39 is 34.6 Å². The summed E-state index contributed by atoms with van der Waals surface area (Å²) >= 11 is 0. The van der Waals surface area contributed by atoms with E-state index in [2.05, 4.69) is 37.1 Å². The van der Waals surface area contributed by atoms with Crippen molar-refractivity contribution in [2.45, 2.75) is 25.4 Å². The first-order valence-electron chi connectivity index (χ1n) is 14.5. The number of nitrogens with one attached hydrogen (secondary N) is 2. The third-order valence-electron chi connectivity index (χ3n) is 9.20. The fourth-order valence-corrected chi connectivity index (χ4v) is 7.06. The number of hydrogen-bond acceptors (Lipinski definition) is 8. The number of benzene rings is 1. The van der Waals surface area contributed by atoms with E-state index in [1.54, 1.807) is 32.4 Å². The smallest absolute Gasteiger partial charge is 0.341 e. The van der Waals surface area contributed by atoms with Crippen molar-refractivity contribution in [3.8, 4) is 11.1 Å². The summed E-state index contributed by atoms with van der Waals surface area (Å²) in [6.07, 6.45) is 5.31. The molecule has 5 aromatic rings. The second-order valence-electron chi connectivity index (χ2n) is 11.8. The van der Waals surface area contributed by atoms with Gasteiger partial charge in [0.1, 0.15) is 16.9 Å². The molecule has 0 aliphatic carbocycles. The van der Waals surface area contributed by atoms with Crippen LogP contribution in [-0.2, 0) is 0 Å². The average molecular weight is 604 g/mol. The largest absolute Gasteiger partial charge is 0.477 e. The number of anilines is 2. The fraction of sp³-hybridized carbons (Fsp3) is 0.355. The van der Waals surface area contributed by atoms with Crippen LogP contribution in [0.5, 0.6) is 0 Å². The normalized spacial score (nSPS) is 19.4. The third kappa shape index (κ3) is 4.06. The number of likely N-dealkylation sites (N-methyl/N-ethyl adjacent to an activating group) is 1. The summed E-state index contributed by atoms with van der Waals surface area (Å²) in [5, 5.41) is 23.1. The van der Waals surface area contributed by atoms with Crippen LogP contribution in [0.4, 0.5) is 20.2 Å². The summed E-state index contributed by atoms with van der Waals surface area (Å²) in [4.78, 5) is 42.3. The SMILES string of the molecule is CNc1cc(F)c(F)c2c1[nH]c1ncc(-c3cnc4c(c3)c(=O)c(C(=O)O)cn4C(C)CO)c(N3CC[C@@H]4CN(C)C[C@@H]43)c12. The van der Waals surface area contributed by atoms with Crippen molar-refractivity contribution < 1.29 is 23.8 Å². The van der Waals surface area contributed by atoms with Crippen molar-refractivity contribution in [2.24, 2.45) is 5.92 Å². The topological polar surface area (TPSA) is 140 Å². The zero-order valence-corrected chi connectivity index (χ0v) is 24.4. The highest BCUT2D eigenvalue weighted by Crippen LogP contribution is 2.47. The van der Waals surface area contributed by atoms with Crippen LogP contribution in [0.2, 0.25) is 0 Å². The van der Waals surface area contributed by atoms with Crippen LogP contribution in [-0.4, -0.2) is 87.0 Å². The van der Waals surface area contributed by atoms with Crippen molar-refractivity contribution in [1.82, 2.24) is 24.4 Å². The Kier molecular flexibility index (Phi) is 6.55. The van der Waals surface area contributed by atoms with Crippen LogP contribution in [0.3, 0.4) is 0 Å². The molecule has 13 heteroatoms. The second kappa shape index (κ2) is 10.2. The van der Waals surface area contributed by atoms with Gasteiger partial charge < -0.3 is 34.9 Å². The second-order valence-corrected chi connectivity index (χ2v) is 11.8. The molecular formula is C31H31F2N7O4. The van der Waals surface area contributed by atoms with Gasteiger partial charge in [0.05, 0.1) is 45.7 Å². The number of aromatic nitrogens is 4. The lowest BCUT2D eigenvalue weighted by Crippen LogP contribution is -2.35. The molecule has 0 radical (unpaired) electrons. The highest BCUT2D eigenvalue weighted by molar-refractivity contribution is 6.18. The molecule has 7 rings (SSSR count). The molecule has 0 amide bonds. The molecule has 0 bridgehead atoms. The molecule has 2 fully saturated rings. The predicted octanol–water partition coefficient (Wildman–Crippen LogP) is 3.80. The summed E-state index contributed by atoms with van der Waals surface area (Å²) in [7, 11) is 3.69. The minimum absolute atomic E-state index is 0.0577. The van der Waals surface area contributed by atoms with Crippen LogP contribution in [0.25, 0.3) is 44.1 Å². The van der Waals surface area contributed by atoms with Gasteiger partial charge >= 0.3 is 5.97 Å². The van der Waals surface area contributed by atoms with Crippen molar-refractivity contribution >= 4 is 50.3 Å². The highest BCUT2D eigenvalue weighted by atomic mass is 19.2. The van der Waals surface area contributed by atoms with E-state index in [0.29, 0.717) is 51.5 Å². The summed E-state index contributed by atoms with van der Waals surface area (Å²) in [5.41, 5.74) is 1.89. The Balaban J connectivity index is 1.56. The van der Waals surface area contributed by atoms with E-state index in [0.717, 1.165) is 25.6 Å². The van der Waals surface area contributed by atoms with Crippen LogP contribution in [0.1, 0.15) is 29.7 Å². The van der Waals surface area contributed by atoms with Crippen LogP contribution < -0.4 is 15.6 Å². The Morgan fingerprint density at radius 2 is 2.00 bits per heavy atom. The first-order valence-corrected chi connectivity index (χ1v) is 14.5. The molecule has 2 saturated heterocycles. The third-order valence-corrected chi connectivity index (χ3v) is 9.20. The maximum atomic E-state index is 15.7. The van der Waals surface area contributed by atoms with Gasteiger partial charge in [0.15, 0.2) is 11.6 Å². The number of fused-ring (bicyclic) bond motifs is 5. The monoisotopic (exact) mass is 603 g/mol. The summed E-state index contributed by atoms with van der Waals surface area (Å²) in [6, 6.07) is 2.25. The van der Waals surface area contributed by atoms with Gasteiger partial charge in [0, 0.05) is 68.5 Å². The number of nitrogens with zero attached hydrogens (tertiary/aromatic N) is 5. The number of aliphatic hydroxyl groups is 1. The number of pyridine rings is 3. The Bertz CT molecular complexity index is 2060. The van der Waals surface area contributed by atoms with Gasteiger partial charge in [-0.15, -0.1) is 0 Å². The van der Waals surface area contributed by atoms with Crippen LogP contribution in [0, 0.1) is 17.6 Å². The number of H-pyrrole nitrogens is 1. The number of carbonyl (C=O) groups is 1. The first kappa shape index (κ1) is 28.2. The van der Waals surface area contributed by atoms with Crippen LogP contribution in [0.15, 0.2) is 35.5 Å². The number of carboxylic acids is 1. The predicted molar refractivity (Wildman–Crippen MR) is 164 cm³/mol. The van der Waals surface area contributed by atoms with Gasteiger partial charge in [-0.05, 0) is 32.4 Å². The minimum Gasteiger partial charge on any atom is -0.477 e. The van der Waals surface area contributed by atoms with Crippen molar-refractivity contribution in [1.29, 1.82) is 0 Å². The zero-order chi connectivity index (χ0) is 31.0. The lowest BCUT2D eigenvalue weighted by Gasteiger charge is -2.29. The van der Waals surface area contributed by atoms with E-state index in [1.165, 1.54) is 10.8 Å². The van der Waals surface area contributed by atoms with Crippen molar-refractivity contribution in [3.63, 3.8) is 0 Å². The van der Waals surface area contributed by atoms with Gasteiger partial charge in [0.2, 0.25) is 5.43 Å². The summed E-state index contributed by atoms with van der Waals surface area (Å²) in [5.74, 6) is -3.00. The highest BCUT2D eigenvalue weighted by Gasteiger charge is 2.42. The van der Waals surface area contributed by atoms with Gasteiger partial charge in [-0.1, -0.05) is 0 Å². The standard InChI is InChI=1S/C31H31F2N7O4/c1-14(13-41)40-11-19(31(43)44)28(42)17-6-16(8-36-30(17)40)18-9-35-29-24(23-25(33)20(32)7-21(34-2)26(23)37-29)27(18)39-5-4-15-10-38(3)12-22(15)39/h6-9,11,14-15,22,34,41H,4-5,10,12-13H2,1-3H3,(H,35,37)(H,43,44)/t14?,15-,22+/m1/s1. The fourth-order valence-electron chi connectivity index (χ4n) is 7.06. The molecule has 3 atom stereocenters. The summed E-state index contributed by atoms with van der Waals surface area (Å²) in [6.45, 7) is 3.78. The van der Waals surface area contributed by atoms with E-state index in [1.807, 2.05) is 0 Å². The van der Waals surface area contributed by atoms with Gasteiger partial charge in [-0.2, -0.15) is 0 Å². The lowest BCUT2D eigenvalue weighted by atomic mass is 9.99. The quantitative estimate of drug-likeness (QED) is 0.228. The van der Waals surface area contributed by atoms with Gasteiger partial charge in [-0.3, -0.25) is 4.79 Å². The van der Waals surface area contributed by atoms with E-state index >= 15 is 4.39 Å². The molecule has 0 spiro atoms. The Hall–Kier alpha value is -4.62. The van der Waals surface area contributed by atoms with Crippen LogP contribution >= 0.6 is 0 Å². The maximum absolute atomic E-state index is 15.7. The molecule has 4 aromatic heterocycles. The molecule has 44 heavy (non-hydrogen) atoms. The molecule has 11 nitrogen and oxygen atoms in total. The van der Waals surface area contributed by atoms with Gasteiger partial charge in [0.25, 0.3) is 0 Å². The Labute approximate surface area is 249 Å². The molecule has 228 valence electrons. The van der Waals surface area contributed by atoms with E-state index in [9.17, 15) is 24.2 Å². The summed E-state index contributed by atoms with van der Waals surface area (Å²) < 4.78 is 32.2. The first-order chi connectivity index (χ1) is 21.1. The Morgan fingerprint density at radius 3 is 2.73 bits per heavy atom. The van der Waals surface area contributed by atoms with Crippen molar-refractivity contribution in [2.75, 3.05) is 50.6 Å². The van der Waals surface area contributed by atoms with Gasteiger partial charge in [-0.25, -0.2) is 23.5 Å². The molecule has 2 aliphatic heterocycles. The Morgan fingerprint density at radius 1 is 1.20 bits per heavy atom. The minimum atomic E-state index is -1.39. The maximum Gasteiger partial charge on any atom is 0.341 e. The van der Waals surface area contributed by atoms with E-state index in [4.69, 9.17) is 0 Å². The molecular weight excluding hydrogens is 572 g/mol. The number of rotatable bonds is 6. The van der Waals surface area contributed by atoms with E-state index in [-0.39, 0.29) is 29.1 Å². The number of aromatic carboxylic acids is 1. The number of aliphatic hydroxyl groups excluding tert-OH is 1. The number of hydrogen-bond donors (Lipinski definition) is 4. The molecule has 1 unspecified atom stereocenters. The number of carboxylic acid groups (broad SMARTS) is 1. The van der Waals surface area contributed by atoms with Crippen molar-refractivity contribution in [3.05, 3.63) is 58.1 Å². The molecule has 2 aliphatic rings. The number of likely N-dealkylation sites (tertiary alicyclic amines) is 1. The molecule has 6 heterocycles. The average Bonchev–Trinajstić information content (AvgIpc) is 3.70. The number of halogens is 2. The molecule has 1 aromatic carbocycles. The molecule has 0 saturated carbocycles. The molecule has 4 N–H and O–H groups in total. The zero-order valence-electron chi connectivity index (χ0n) is 24.4. The number of aromatic amines is 1. The lowest BCUT2D eigenvalue weighted by molar-refractivity contribution is 0.0694.